The van der Waals surface area contributed by atoms with Gasteiger partial charge in [-0.15, -0.1) is 10.2 Å². The molecule has 1 saturated carbocycles. The van der Waals surface area contributed by atoms with Gasteiger partial charge in [-0.2, -0.15) is 4.80 Å². The van der Waals surface area contributed by atoms with Crippen molar-refractivity contribution in [1.82, 2.24) is 30.5 Å². The highest BCUT2D eigenvalue weighted by molar-refractivity contribution is 6.01. The van der Waals surface area contributed by atoms with Crippen molar-refractivity contribution >= 4 is 17.5 Å². The zero-order chi connectivity index (χ0) is 26.5. The standard InChI is InChI=1S/C29H31N7O2/c1-20-10-12-23(13-11-20)28-32-34-35(33-28)19-26(37)36(25-9-5-6-21(2)18-25)27(22-14-16-30-17-15-22)29(38)31-24-7-3-4-8-24/h5-6,9-18,24,27H,3-4,7-8,19H2,1-2H3,(H,31,38). The van der Waals surface area contributed by atoms with Crippen LogP contribution in [0.15, 0.2) is 73.1 Å². The Hall–Kier alpha value is -4.40. The maximum atomic E-state index is 14.0. The summed E-state index contributed by atoms with van der Waals surface area (Å²) in [7, 11) is 0. The molecule has 4 aromatic rings. The van der Waals surface area contributed by atoms with Crippen LogP contribution in [0.1, 0.15) is 48.4 Å². The SMILES string of the molecule is Cc1ccc(-c2nnn(CC(=O)N(c3cccc(C)c3)C(C(=O)NC3CCCC3)c3ccncc3)n2)cc1. The van der Waals surface area contributed by atoms with Crippen LogP contribution in [0.2, 0.25) is 0 Å². The van der Waals surface area contributed by atoms with Crippen molar-refractivity contribution in [3.63, 3.8) is 0 Å². The molecule has 0 spiro atoms. The molecule has 1 aliphatic carbocycles. The van der Waals surface area contributed by atoms with Crippen molar-refractivity contribution in [2.45, 2.75) is 58.2 Å². The molecule has 9 nitrogen and oxygen atoms in total. The minimum absolute atomic E-state index is 0.107. The lowest BCUT2D eigenvalue weighted by Crippen LogP contribution is -2.47. The summed E-state index contributed by atoms with van der Waals surface area (Å²) >= 11 is 0. The van der Waals surface area contributed by atoms with Gasteiger partial charge in [0.2, 0.25) is 11.7 Å². The molecule has 1 aliphatic rings. The molecule has 0 radical (unpaired) electrons. The smallest absolute Gasteiger partial charge is 0.251 e. The van der Waals surface area contributed by atoms with E-state index in [1.807, 2.05) is 62.4 Å². The van der Waals surface area contributed by atoms with Crippen molar-refractivity contribution in [2.75, 3.05) is 4.90 Å². The Bertz CT molecular complexity index is 1400. The van der Waals surface area contributed by atoms with Crippen molar-refractivity contribution in [3.05, 3.63) is 89.7 Å². The second-order valence-corrected chi connectivity index (χ2v) is 9.79. The number of amides is 2. The third-order valence-corrected chi connectivity index (χ3v) is 6.82. The third-order valence-electron chi connectivity index (χ3n) is 6.82. The predicted octanol–water partition coefficient (Wildman–Crippen LogP) is 4.19. The Morgan fingerprint density at radius 2 is 1.74 bits per heavy atom. The Morgan fingerprint density at radius 3 is 2.45 bits per heavy atom. The summed E-state index contributed by atoms with van der Waals surface area (Å²) < 4.78 is 0. The minimum Gasteiger partial charge on any atom is -0.351 e. The minimum atomic E-state index is -0.881. The van der Waals surface area contributed by atoms with Gasteiger partial charge in [-0.3, -0.25) is 19.5 Å². The molecule has 2 amide bonds. The first kappa shape index (κ1) is 25.3. The lowest BCUT2D eigenvalue weighted by molar-refractivity contribution is -0.127. The van der Waals surface area contributed by atoms with Gasteiger partial charge in [0, 0.05) is 29.7 Å². The number of rotatable bonds is 8. The van der Waals surface area contributed by atoms with Gasteiger partial charge in [0.25, 0.3) is 5.91 Å². The van der Waals surface area contributed by atoms with Crippen LogP contribution in [0.3, 0.4) is 0 Å². The van der Waals surface area contributed by atoms with Crippen LogP contribution in [0.25, 0.3) is 11.4 Å². The zero-order valence-electron chi connectivity index (χ0n) is 21.6. The Labute approximate surface area is 221 Å². The lowest BCUT2D eigenvalue weighted by atomic mass is 10.0. The largest absolute Gasteiger partial charge is 0.351 e. The first-order valence-electron chi connectivity index (χ1n) is 12.9. The quantitative estimate of drug-likeness (QED) is 0.382. The molecule has 1 fully saturated rings. The summed E-state index contributed by atoms with van der Waals surface area (Å²) in [6.07, 6.45) is 7.34. The third kappa shape index (κ3) is 5.77. The van der Waals surface area contributed by atoms with Crippen molar-refractivity contribution < 1.29 is 9.59 Å². The van der Waals surface area contributed by atoms with Crippen LogP contribution < -0.4 is 10.2 Å². The number of hydrogen-bond donors (Lipinski definition) is 1. The first-order valence-corrected chi connectivity index (χ1v) is 12.9. The number of tetrazole rings is 1. The summed E-state index contributed by atoms with van der Waals surface area (Å²) in [5, 5.41) is 15.9. The number of benzene rings is 2. The fraction of sp³-hybridized carbons (Fsp3) is 0.310. The highest BCUT2D eigenvalue weighted by Gasteiger charge is 2.34. The summed E-state index contributed by atoms with van der Waals surface area (Å²) in [4.78, 5) is 34.7. The van der Waals surface area contributed by atoms with Crippen LogP contribution in [0.5, 0.6) is 0 Å². The van der Waals surface area contributed by atoms with E-state index in [9.17, 15) is 9.59 Å². The summed E-state index contributed by atoms with van der Waals surface area (Å²) in [6, 6.07) is 18.2. The van der Waals surface area contributed by atoms with E-state index >= 15 is 0 Å². The van der Waals surface area contributed by atoms with Gasteiger partial charge >= 0.3 is 0 Å². The normalized spacial score (nSPS) is 14.3. The van der Waals surface area contributed by atoms with Gasteiger partial charge < -0.3 is 5.32 Å². The molecule has 2 aromatic carbocycles. The number of aromatic nitrogens is 5. The molecular formula is C29H31N7O2. The van der Waals surface area contributed by atoms with E-state index in [1.165, 1.54) is 4.80 Å². The summed E-state index contributed by atoms with van der Waals surface area (Å²) in [5.74, 6) is -0.110. The average Bonchev–Trinajstić information content (AvgIpc) is 3.60. The molecule has 0 saturated heterocycles. The van der Waals surface area contributed by atoms with Crippen LogP contribution in [0, 0.1) is 13.8 Å². The molecule has 194 valence electrons. The fourth-order valence-corrected chi connectivity index (χ4v) is 4.85. The number of anilines is 1. The van der Waals surface area contributed by atoms with E-state index < -0.39 is 6.04 Å². The second kappa shape index (κ2) is 11.3. The molecule has 0 bridgehead atoms. The van der Waals surface area contributed by atoms with Gasteiger partial charge in [0.15, 0.2) is 0 Å². The Kier molecular flexibility index (Phi) is 7.53. The van der Waals surface area contributed by atoms with Crippen LogP contribution in [-0.4, -0.2) is 43.0 Å². The molecule has 38 heavy (non-hydrogen) atoms. The van der Waals surface area contributed by atoms with Crippen LogP contribution >= 0.6 is 0 Å². The number of hydrogen-bond acceptors (Lipinski definition) is 6. The van der Waals surface area contributed by atoms with Crippen molar-refractivity contribution in [3.8, 4) is 11.4 Å². The van der Waals surface area contributed by atoms with E-state index in [0.717, 1.165) is 42.4 Å². The number of carbonyl (C=O) groups is 2. The van der Waals surface area contributed by atoms with E-state index in [0.29, 0.717) is 17.1 Å². The highest BCUT2D eigenvalue weighted by Crippen LogP contribution is 2.30. The van der Waals surface area contributed by atoms with Crippen LogP contribution in [0.4, 0.5) is 5.69 Å². The van der Waals surface area contributed by atoms with Gasteiger partial charge in [-0.25, -0.2) is 0 Å². The number of carbonyl (C=O) groups excluding carboxylic acids is 2. The molecule has 0 aliphatic heterocycles. The van der Waals surface area contributed by atoms with Gasteiger partial charge in [-0.05, 0) is 67.3 Å². The summed E-state index contributed by atoms with van der Waals surface area (Å²) in [5.41, 5.74) is 4.22. The second-order valence-electron chi connectivity index (χ2n) is 9.79. The predicted molar refractivity (Wildman–Crippen MR) is 144 cm³/mol. The summed E-state index contributed by atoms with van der Waals surface area (Å²) in [6.45, 7) is 3.79. The van der Waals surface area contributed by atoms with Gasteiger partial charge in [0.05, 0.1) is 0 Å². The molecule has 2 heterocycles. The lowest BCUT2D eigenvalue weighted by Gasteiger charge is -2.32. The number of nitrogens with zero attached hydrogens (tertiary/aromatic N) is 6. The topological polar surface area (TPSA) is 106 Å². The van der Waals surface area contributed by atoms with Crippen LogP contribution in [-0.2, 0) is 16.1 Å². The van der Waals surface area contributed by atoms with Gasteiger partial charge in [0.1, 0.15) is 12.6 Å². The Balaban J connectivity index is 1.49. The van der Waals surface area contributed by atoms with E-state index in [-0.39, 0.29) is 24.4 Å². The number of nitrogens with one attached hydrogen (secondary N) is 1. The molecule has 1 N–H and O–H groups in total. The van der Waals surface area contributed by atoms with E-state index in [1.54, 1.807) is 29.4 Å². The molecule has 9 heteroatoms. The molecular weight excluding hydrogens is 478 g/mol. The zero-order valence-corrected chi connectivity index (χ0v) is 21.6. The average molecular weight is 510 g/mol. The molecule has 2 aromatic heterocycles. The molecule has 1 unspecified atom stereocenters. The highest BCUT2D eigenvalue weighted by atomic mass is 16.2. The maximum Gasteiger partial charge on any atom is 0.251 e. The molecule has 5 rings (SSSR count). The van der Waals surface area contributed by atoms with E-state index in [2.05, 4.69) is 25.7 Å². The van der Waals surface area contributed by atoms with E-state index in [4.69, 9.17) is 0 Å². The fourth-order valence-electron chi connectivity index (χ4n) is 4.85. The first-order chi connectivity index (χ1) is 18.5. The maximum absolute atomic E-state index is 14.0. The van der Waals surface area contributed by atoms with Crippen molar-refractivity contribution in [2.24, 2.45) is 0 Å². The monoisotopic (exact) mass is 509 g/mol. The Morgan fingerprint density at radius 1 is 1.00 bits per heavy atom. The van der Waals surface area contributed by atoms with Crippen molar-refractivity contribution in [1.29, 1.82) is 0 Å². The van der Waals surface area contributed by atoms with Gasteiger partial charge in [-0.1, -0.05) is 54.8 Å². The molecule has 1 atom stereocenters. The number of pyridine rings is 1. The number of aryl methyl sites for hydroxylation is 2.